The number of methoxy groups -OCH3 is 2. The minimum absolute atomic E-state index is 0.120. The number of anilines is 2. The molecule has 5 nitrogen and oxygen atoms in total. The van der Waals surface area contributed by atoms with Crippen LogP contribution < -0.4 is 19.3 Å². The molecule has 0 radical (unpaired) electrons. The van der Waals surface area contributed by atoms with Crippen LogP contribution in [-0.2, 0) is 4.79 Å². The van der Waals surface area contributed by atoms with Gasteiger partial charge < -0.3 is 14.4 Å². The van der Waals surface area contributed by atoms with Crippen molar-refractivity contribution in [2.45, 2.75) is 13.8 Å². The second kappa shape index (κ2) is 9.33. The van der Waals surface area contributed by atoms with Crippen molar-refractivity contribution in [2.24, 2.45) is 0 Å². The second-order valence-electron chi connectivity index (χ2n) is 6.32. The minimum Gasteiger partial charge on any atom is -0.493 e. The van der Waals surface area contributed by atoms with Crippen molar-refractivity contribution in [3.05, 3.63) is 52.9 Å². The molecule has 0 aliphatic carbocycles. The number of carbonyl (C=O) groups is 1. The molecule has 1 fully saturated rings. The lowest BCUT2D eigenvalue weighted by molar-refractivity contribution is -0.113. The maximum Gasteiger partial charge on any atom is 0.270 e. The third-order valence-electron chi connectivity index (χ3n) is 4.74. The molecule has 0 aromatic heterocycles. The zero-order valence-corrected chi connectivity index (χ0v) is 18.6. The van der Waals surface area contributed by atoms with Crippen molar-refractivity contribution in [1.29, 1.82) is 0 Å². The molecule has 2 aromatic carbocycles. The average molecular weight is 429 g/mol. The first-order chi connectivity index (χ1) is 14.0. The van der Waals surface area contributed by atoms with Gasteiger partial charge in [-0.15, -0.1) is 0 Å². The molecule has 1 aliphatic heterocycles. The summed E-state index contributed by atoms with van der Waals surface area (Å²) < 4.78 is 11.1. The molecule has 152 valence electrons. The largest absolute Gasteiger partial charge is 0.493 e. The normalized spacial score (nSPS) is 15.2. The van der Waals surface area contributed by atoms with E-state index in [0.717, 1.165) is 30.0 Å². The highest BCUT2D eigenvalue weighted by atomic mass is 32.2. The number of rotatable bonds is 7. The van der Waals surface area contributed by atoms with Crippen molar-refractivity contribution in [3.8, 4) is 11.5 Å². The lowest BCUT2D eigenvalue weighted by Crippen LogP contribution is -2.27. The molecule has 0 N–H and O–H groups in total. The highest BCUT2D eigenvalue weighted by Gasteiger charge is 2.33. The molecule has 0 spiro atoms. The maximum absolute atomic E-state index is 13.0. The number of ether oxygens (including phenoxy) is 2. The van der Waals surface area contributed by atoms with Crippen LogP contribution in [0.25, 0.3) is 6.08 Å². The van der Waals surface area contributed by atoms with E-state index in [-0.39, 0.29) is 5.91 Å². The van der Waals surface area contributed by atoms with E-state index in [2.05, 4.69) is 18.7 Å². The fourth-order valence-electron chi connectivity index (χ4n) is 3.19. The van der Waals surface area contributed by atoms with Gasteiger partial charge in [0.05, 0.1) is 24.8 Å². The first-order valence-electron chi connectivity index (χ1n) is 9.37. The molecule has 3 rings (SSSR count). The Morgan fingerprint density at radius 3 is 2.28 bits per heavy atom. The summed E-state index contributed by atoms with van der Waals surface area (Å²) in [6.07, 6.45) is 1.82. The number of hydrogen-bond acceptors (Lipinski definition) is 6. The van der Waals surface area contributed by atoms with Crippen LogP contribution in [0.4, 0.5) is 11.4 Å². The molecule has 1 amide bonds. The Morgan fingerprint density at radius 1 is 1.03 bits per heavy atom. The van der Waals surface area contributed by atoms with E-state index in [1.807, 2.05) is 48.5 Å². The number of thioether (sulfide) groups is 1. The Kier molecular flexibility index (Phi) is 6.82. The van der Waals surface area contributed by atoms with E-state index in [1.54, 1.807) is 19.1 Å². The van der Waals surface area contributed by atoms with Gasteiger partial charge in [0.1, 0.15) is 0 Å². The Labute approximate surface area is 181 Å². The second-order valence-corrected chi connectivity index (χ2v) is 8.00. The van der Waals surface area contributed by atoms with Gasteiger partial charge in [-0.05, 0) is 61.9 Å². The molecule has 0 atom stereocenters. The Balaban J connectivity index is 1.85. The lowest BCUT2D eigenvalue weighted by atomic mass is 10.1. The third kappa shape index (κ3) is 4.41. The molecule has 0 bridgehead atoms. The van der Waals surface area contributed by atoms with Gasteiger partial charge >= 0.3 is 0 Å². The summed E-state index contributed by atoms with van der Waals surface area (Å²) in [5, 5.41) is 0. The minimum atomic E-state index is -0.120. The molecular formula is C22H24N2O3S2. The standard InChI is InChI=1S/C22H24N2O3S2/c1-5-23(6-2)16-8-10-17(11-9-16)24-21(25)20(29-22(24)28)14-15-7-12-18(26-3)19(13-15)27-4/h7-14H,5-6H2,1-4H3/b20-14-. The molecule has 1 aliphatic rings. The van der Waals surface area contributed by atoms with Gasteiger partial charge in [-0.25, -0.2) is 0 Å². The fourth-order valence-corrected chi connectivity index (χ4v) is 4.48. The molecule has 1 heterocycles. The van der Waals surface area contributed by atoms with Gasteiger partial charge in [0.2, 0.25) is 0 Å². The predicted octanol–water partition coefficient (Wildman–Crippen LogP) is 4.96. The van der Waals surface area contributed by atoms with Crippen LogP contribution in [0.1, 0.15) is 19.4 Å². The number of carbonyl (C=O) groups excluding carboxylic acids is 1. The number of thiocarbonyl (C=S) groups is 1. The fraction of sp³-hybridized carbons (Fsp3) is 0.273. The Bertz CT molecular complexity index is 938. The van der Waals surface area contributed by atoms with E-state index in [0.29, 0.717) is 20.7 Å². The summed E-state index contributed by atoms with van der Waals surface area (Å²) in [6.45, 7) is 6.12. The van der Waals surface area contributed by atoms with Gasteiger partial charge in [0, 0.05) is 18.8 Å². The monoisotopic (exact) mass is 428 g/mol. The van der Waals surface area contributed by atoms with Crippen LogP contribution in [0.5, 0.6) is 11.5 Å². The van der Waals surface area contributed by atoms with E-state index in [9.17, 15) is 4.79 Å². The van der Waals surface area contributed by atoms with Crippen LogP contribution in [0.3, 0.4) is 0 Å². The van der Waals surface area contributed by atoms with Gasteiger partial charge in [-0.2, -0.15) is 0 Å². The molecule has 1 saturated heterocycles. The smallest absolute Gasteiger partial charge is 0.270 e. The van der Waals surface area contributed by atoms with Gasteiger partial charge in [-0.3, -0.25) is 9.69 Å². The molecule has 0 saturated carbocycles. The Hall–Kier alpha value is -2.51. The van der Waals surface area contributed by atoms with Crippen molar-refractivity contribution >= 4 is 51.7 Å². The number of nitrogens with zero attached hydrogens (tertiary/aromatic N) is 2. The molecule has 0 unspecified atom stereocenters. The Morgan fingerprint density at radius 2 is 1.69 bits per heavy atom. The molecule has 2 aromatic rings. The zero-order valence-electron chi connectivity index (χ0n) is 17.0. The highest BCUT2D eigenvalue weighted by molar-refractivity contribution is 8.27. The number of amides is 1. The van der Waals surface area contributed by atoms with E-state index in [1.165, 1.54) is 11.8 Å². The van der Waals surface area contributed by atoms with Gasteiger partial charge in [0.25, 0.3) is 5.91 Å². The zero-order chi connectivity index (χ0) is 21.0. The first-order valence-corrected chi connectivity index (χ1v) is 10.6. The summed E-state index contributed by atoms with van der Waals surface area (Å²) >= 11 is 6.78. The highest BCUT2D eigenvalue weighted by Crippen LogP contribution is 2.37. The predicted molar refractivity (Wildman–Crippen MR) is 125 cm³/mol. The van der Waals surface area contributed by atoms with Crippen LogP contribution in [0, 0.1) is 0 Å². The summed E-state index contributed by atoms with van der Waals surface area (Å²) in [4.78, 5) is 17.4. The average Bonchev–Trinajstić information content (AvgIpc) is 3.02. The molecule has 7 heteroatoms. The van der Waals surface area contributed by atoms with Crippen LogP contribution >= 0.6 is 24.0 Å². The van der Waals surface area contributed by atoms with Crippen LogP contribution in [-0.4, -0.2) is 37.5 Å². The number of hydrogen-bond donors (Lipinski definition) is 0. The van der Waals surface area contributed by atoms with Crippen LogP contribution in [0.2, 0.25) is 0 Å². The maximum atomic E-state index is 13.0. The van der Waals surface area contributed by atoms with Crippen molar-refractivity contribution in [1.82, 2.24) is 0 Å². The molecule has 29 heavy (non-hydrogen) atoms. The van der Waals surface area contributed by atoms with E-state index in [4.69, 9.17) is 21.7 Å². The topological polar surface area (TPSA) is 42.0 Å². The van der Waals surface area contributed by atoms with E-state index < -0.39 is 0 Å². The summed E-state index contributed by atoms with van der Waals surface area (Å²) in [5.74, 6) is 1.14. The van der Waals surface area contributed by atoms with Crippen LogP contribution in [0.15, 0.2) is 47.4 Å². The summed E-state index contributed by atoms with van der Waals surface area (Å²) in [6, 6.07) is 13.5. The lowest BCUT2D eigenvalue weighted by Gasteiger charge is -2.22. The number of benzene rings is 2. The van der Waals surface area contributed by atoms with Crippen molar-refractivity contribution in [2.75, 3.05) is 37.1 Å². The SMILES string of the molecule is CCN(CC)c1ccc(N2C(=O)/C(=C/c3ccc(OC)c(OC)c3)SC2=S)cc1. The first kappa shape index (κ1) is 21.2. The van der Waals surface area contributed by atoms with Gasteiger partial charge in [-0.1, -0.05) is 30.0 Å². The van der Waals surface area contributed by atoms with Crippen molar-refractivity contribution < 1.29 is 14.3 Å². The van der Waals surface area contributed by atoms with Gasteiger partial charge in [0.15, 0.2) is 15.8 Å². The molecular weight excluding hydrogens is 404 g/mol. The van der Waals surface area contributed by atoms with E-state index >= 15 is 0 Å². The summed E-state index contributed by atoms with van der Waals surface area (Å²) in [5.41, 5.74) is 2.75. The third-order valence-corrected chi connectivity index (χ3v) is 6.04. The summed E-state index contributed by atoms with van der Waals surface area (Å²) in [7, 11) is 3.18. The van der Waals surface area contributed by atoms with Crippen molar-refractivity contribution in [3.63, 3.8) is 0 Å². The quantitative estimate of drug-likeness (QED) is 0.459.